The quantitative estimate of drug-likeness (QED) is 0.761. The molecule has 0 aliphatic rings. The zero-order valence-corrected chi connectivity index (χ0v) is 13.1. The van der Waals surface area contributed by atoms with Gasteiger partial charge in [-0.25, -0.2) is 0 Å². The van der Waals surface area contributed by atoms with Crippen molar-refractivity contribution in [2.45, 2.75) is 53.5 Å². The van der Waals surface area contributed by atoms with Gasteiger partial charge >= 0.3 is 0 Å². The fraction of sp³-hybridized carbons (Fsp3) is 0.625. The van der Waals surface area contributed by atoms with Crippen LogP contribution in [0.3, 0.4) is 0 Å². The zero-order valence-electron chi connectivity index (χ0n) is 12.3. The molecule has 0 spiro atoms. The zero-order chi connectivity index (χ0) is 13.7. The molecule has 0 fully saturated rings. The fourth-order valence-electron chi connectivity index (χ4n) is 2.19. The highest BCUT2D eigenvalue weighted by Gasteiger charge is 2.20. The molecule has 1 aromatic carbocycles. The van der Waals surface area contributed by atoms with Crippen molar-refractivity contribution in [2.75, 3.05) is 6.54 Å². The summed E-state index contributed by atoms with van der Waals surface area (Å²) in [6.45, 7) is 12.0. The van der Waals surface area contributed by atoms with Gasteiger partial charge in [0.25, 0.3) is 0 Å². The molecule has 2 heteroatoms. The van der Waals surface area contributed by atoms with Gasteiger partial charge in [-0.1, -0.05) is 44.9 Å². The molecule has 1 nitrogen and oxygen atoms in total. The Morgan fingerprint density at radius 3 is 2.33 bits per heavy atom. The third-order valence-electron chi connectivity index (χ3n) is 3.78. The second kappa shape index (κ2) is 7.16. The Hall–Kier alpha value is -0.530. The Morgan fingerprint density at radius 1 is 1.17 bits per heavy atom. The largest absolute Gasteiger partial charge is 0.310 e. The van der Waals surface area contributed by atoms with Gasteiger partial charge in [-0.15, -0.1) is 0 Å². The normalized spacial score (nSPS) is 14.6. The molecule has 0 radical (unpaired) electrons. The molecule has 1 rings (SSSR count). The van der Waals surface area contributed by atoms with Gasteiger partial charge in [-0.2, -0.15) is 0 Å². The van der Waals surface area contributed by atoms with Crippen LogP contribution in [0.2, 0.25) is 5.02 Å². The number of benzene rings is 1. The van der Waals surface area contributed by atoms with Crippen molar-refractivity contribution < 1.29 is 0 Å². The number of halogens is 1. The van der Waals surface area contributed by atoms with Crippen LogP contribution in [0.1, 0.15) is 56.3 Å². The van der Waals surface area contributed by atoms with Gasteiger partial charge in [-0.05, 0) is 55.5 Å². The van der Waals surface area contributed by atoms with E-state index in [-0.39, 0.29) is 0 Å². The molecule has 0 saturated carbocycles. The highest BCUT2D eigenvalue weighted by Crippen LogP contribution is 2.32. The Labute approximate surface area is 117 Å². The summed E-state index contributed by atoms with van der Waals surface area (Å²) in [5, 5.41) is 4.53. The molecule has 0 amide bonds. The van der Waals surface area contributed by atoms with E-state index in [0.717, 1.165) is 24.4 Å². The molecule has 2 atom stereocenters. The van der Waals surface area contributed by atoms with E-state index < -0.39 is 0 Å². The Bertz CT molecular complexity index is 387. The van der Waals surface area contributed by atoms with Crippen LogP contribution in [0.4, 0.5) is 0 Å². The molecule has 0 bridgehead atoms. The molecule has 0 aliphatic heterocycles. The number of hydrogen-bond acceptors (Lipinski definition) is 1. The van der Waals surface area contributed by atoms with Crippen LogP contribution in [0.5, 0.6) is 0 Å². The lowest BCUT2D eigenvalue weighted by atomic mass is 9.90. The van der Waals surface area contributed by atoms with Gasteiger partial charge in [0, 0.05) is 11.1 Å². The van der Waals surface area contributed by atoms with Crippen LogP contribution >= 0.6 is 11.6 Å². The van der Waals surface area contributed by atoms with E-state index in [1.54, 1.807) is 0 Å². The summed E-state index contributed by atoms with van der Waals surface area (Å²) in [4.78, 5) is 0. The number of nitrogens with one attached hydrogen (secondary N) is 1. The van der Waals surface area contributed by atoms with E-state index in [1.165, 1.54) is 16.7 Å². The van der Waals surface area contributed by atoms with E-state index in [1.807, 2.05) is 0 Å². The number of hydrogen-bond donors (Lipinski definition) is 1. The monoisotopic (exact) mass is 267 g/mol. The SMILES string of the molecule is CCCNC(c1cc(C)c(C)cc1Cl)C(C)CC. The molecule has 0 saturated heterocycles. The van der Waals surface area contributed by atoms with E-state index in [4.69, 9.17) is 11.6 Å². The first kappa shape index (κ1) is 15.5. The van der Waals surface area contributed by atoms with Crippen molar-refractivity contribution in [1.82, 2.24) is 5.32 Å². The summed E-state index contributed by atoms with van der Waals surface area (Å²) in [5.74, 6) is 0.594. The maximum atomic E-state index is 6.44. The van der Waals surface area contributed by atoms with Gasteiger partial charge in [-0.3, -0.25) is 0 Å². The van der Waals surface area contributed by atoms with Crippen LogP contribution in [0.15, 0.2) is 12.1 Å². The predicted molar refractivity (Wildman–Crippen MR) is 81.4 cm³/mol. The van der Waals surface area contributed by atoms with Gasteiger partial charge in [0.15, 0.2) is 0 Å². The molecule has 1 N–H and O–H groups in total. The molecule has 2 unspecified atom stereocenters. The maximum absolute atomic E-state index is 6.44. The number of aryl methyl sites for hydroxylation is 2. The van der Waals surface area contributed by atoms with Gasteiger partial charge in [0.1, 0.15) is 0 Å². The van der Waals surface area contributed by atoms with E-state index >= 15 is 0 Å². The molecule has 0 aliphatic carbocycles. The smallest absolute Gasteiger partial charge is 0.0456 e. The first-order chi connectivity index (χ1) is 8.51. The minimum Gasteiger partial charge on any atom is -0.310 e. The van der Waals surface area contributed by atoms with Crippen LogP contribution in [0, 0.1) is 19.8 Å². The van der Waals surface area contributed by atoms with Crippen molar-refractivity contribution >= 4 is 11.6 Å². The van der Waals surface area contributed by atoms with E-state index in [0.29, 0.717) is 12.0 Å². The Balaban J connectivity index is 3.07. The summed E-state index contributed by atoms with van der Waals surface area (Å²) in [6, 6.07) is 4.70. The van der Waals surface area contributed by atoms with Gasteiger partial charge in [0.05, 0.1) is 0 Å². The Kier molecular flexibility index (Phi) is 6.17. The highest BCUT2D eigenvalue weighted by atomic mass is 35.5. The second-order valence-electron chi connectivity index (χ2n) is 5.28. The molecule has 0 aromatic heterocycles. The van der Waals surface area contributed by atoms with Crippen LogP contribution < -0.4 is 5.32 Å². The van der Waals surface area contributed by atoms with E-state index in [9.17, 15) is 0 Å². The molecule has 1 aromatic rings. The van der Waals surface area contributed by atoms with Crippen molar-refractivity contribution in [2.24, 2.45) is 5.92 Å². The lowest BCUT2D eigenvalue weighted by Gasteiger charge is -2.26. The third kappa shape index (κ3) is 3.73. The van der Waals surface area contributed by atoms with Crippen molar-refractivity contribution in [1.29, 1.82) is 0 Å². The minimum atomic E-state index is 0.363. The predicted octanol–water partition coefficient (Wildman–Crippen LogP) is 5.04. The average Bonchev–Trinajstić information content (AvgIpc) is 2.35. The molecular weight excluding hydrogens is 242 g/mol. The van der Waals surface area contributed by atoms with E-state index in [2.05, 4.69) is 52.1 Å². The summed E-state index contributed by atoms with van der Waals surface area (Å²) >= 11 is 6.44. The summed E-state index contributed by atoms with van der Waals surface area (Å²) in [6.07, 6.45) is 2.31. The van der Waals surface area contributed by atoms with Crippen molar-refractivity contribution in [3.05, 3.63) is 33.8 Å². The molecule has 102 valence electrons. The topological polar surface area (TPSA) is 12.0 Å². The van der Waals surface area contributed by atoms with Crippen molar-refractivity contribution in [3.8, 4) is 0 Å². The van der Waals surface area contributed by atoms with Gasteiger partial charge < -0.3 is 5.32 Å². The first-order valence-electron chi connectivity index (χ1n) is 7.01. The standard InChI is InChI=1S/C16H26ClN/c1-6-8-18-16(11(3)7-2)14-9-12(4)13(5)10-15(14)17/h9-11,16,18H,6-8H2,1-5H3. The molecule has 18 heavy (non-hydrogen) atoms. The third-order valence-corrected chi connectivity index (χ3v) is 4.10. The van der Waals surface area contributed by atoms with Crippen LogP contribution in [-0.4, -0.2) is 6.54 Å². The van der Waals surface area contributed by atoms with Crippen molar-refractivity contribution in [3.63, 3.8) is 0 Å². The fourth-order valence-corrected chi connectivity index (χ4v) is 2.53. The number of rotatable bonds is 6. The highest BCUT2D eigenvalue weighted by molar-refractivity contribution is 6.31. The first-order valence-corrected chi connectivity index (χ1v) is 7.39. The summed E-state index contributed by atoms with van der Waals surface area (Å²) in [5.41, 5.74) is 3.84. The molecular formula is C16H26ClN. The molecule has 0 heterocycles. The summed E-state index contributed by atoms with van der Waals surface area (Å²) in [7, 11) is 0. The van der Waals surface area contributed by atoms with Gasteiger partial charge in [0.2, 0.25) is 0 Å². The Morgan fingerprint density at radius 2 is 1.78 bits per heavy atom. The van der Waals surface area contributed by atoms with Crippen LogP contribution in [0.25, 0.3) is 0 Å². The maximum Gasteiger partial charge on any atom is 0.0456 e. The van der Waals surface area contributed by atoms with Crippen LogP contribution in [-0.2, 0) is 0 Å². The summed E-state index contributed by atoms with van der Waals surface area (Å²) < 4.78 is 0. The minimum absolute atomic E-state index is 0.363. The average molecular weight is 268 g/mol. The lowest BCUT2D eigenvalue weighted by molar-refractivity contribution is 0.377. The lowest BCUT2D eigenvalue weighted by Crippen LogP contribution is -2.27. The second-order valence-corrected chi connectivity index (χ2v) is 5.68.